The van der Waals surface area contributed by atoms with Crippen molar-refractivity contribution in [1.82, 2.24) is 4.98 Å². The standard InChI is InChI=1S/C12H18F3N3OS/c1-7(6-11(2,3)20(17)19)9-4-8(16)5-10(18-9)12(13,14)15/h4-5,7H,6,17H2,1-3H3,(H2,16,18)/t7-,20?/m1/s1. The Morgan fingerprint density at radius 1 is 1.35 bits per heavy atom. The van der Waals surface area contributed by atoms with Gasteiger partial charge in [-0.15, -0.1) is 0 Å². The molecule has 0 bridgehead atoms. The van der Waals surface area contributed by atoms with E-state index in [4.69, 9.17) is 10.9 Å². The topological polar surface area (TPSA) is 82.0 Å². The van der Waals surface area contributed by atoms with Crippen LogP contribution in [-0.2, 0) is 17.2 Å². The lowest BCUT2D eigenvalue weighted by molar-refractivity contribution is -0.141. The van der Waals surface area contributed by atoms with E-state index in [0.717, 1.165) is 6.07 Å². The highest BCUT2D eigenvalue weighted by Crippen LogP contribution is 2.33. The first kappa shape index (κ1) is 16.9. The van der Waals surface area contributed by atoms with Crippen molar-refractivity contribution >= 4 is 16.7 Å². The van der Waals surface area contributed by atoms with E-state index in [1.165, 1.54) is 6.07 Å². The zero-order chi connectivity index (χ0) is 15.7. The number of halogens is 3. The van der Waals surface area contributed by atoms with Gasteiger partial charge in [-0.05, 0) is 38.3 Å². The smallest absolute Gasteiger partial charge is 0.399 e. The third-order valence-electron chi connectivity index (χ3n) is 3.01. The van der Waals surface area contributed by atoms with Crippen molar-refractivity contribution in [2.24, 2.45) is 5.14 Å². The monoisotopic (exact) mass is 309 g/mol. The normalized spacial score (nSPS) is 15.9. The number of rotatable bonds is 4. The van der Waals surface area contributed by atoms with Gasteiger partial charge in [-0.3, -0.25) is 5.14 Å². The minimum atomic E-state index is -4.55. The molecule has 0 aliphatic carbocycles. The highest BCUT2D eigenvalue weighted by molar-refractivity contribution is 7.84. The highest BCUT2D eigenvalue weighted by Gasteiger charge is 2.34. The molecule has 1 rings (SSSR count). The SMILES string of the molecule is C[C@H](CC(C)(C)S(N)=O)c1cc(N)cc(C(F)(F)F)n1. The summed E-state index contributed by atoms with van der Waals surface area (Å²) in [5, 5.41) is 5.37. The average Bonchev–Trinajstić information content (AvgIpc) is 2.26. The first-order valence-corrected chi connectivity index (χ1v) is 7.15. The Labute approximate surface area is 118 Å². The van der Waals surface area contributed by atoms with Crippen LogP contribution in [0.2, 0.25) is 0 Å². The average molecular weight is 309 g/mol. The molecule has 1 unspecified atom stereocenters. The fourth-order valence-corrected chi connectivity index (χ4v) is 2.31. The van der Waals surface area contributed by atoms with Gasteiger partial charge >= 0.3 is 6.18 Å². The molecule has 0 saturated heterocycles. The molecule has 0 saturated carbocycles. The van der Waals surface area contributed by atoms with Gasteiger partial charge in [-0.2, -0.15) is 13.2 Å². The molecule has 8 heteroatoms. The van der Waals surface area contributed by atoms with E-state index >= 15 is 0 Å². The zero-order valence-corrected chi connectivity index (χ0v) is 12.3. The summed E-state index contributed by atoms with van der Waals surface area (Å²) in [5.41, 5.74) is 4.69. The molecule has 114 valence electrons. The van der Waals surface area contributed by atoms with E-state index < -0.39 is 27.6 Å². The Morgan fingerprint density at radius 3 is 2.35 bits per heavy atom. The van der Waals surface area contributed by atoms with Gasteiger partial charge in [0, 0.05) is 11.4 Å². The van der Waals surface area contributed by atoms with Crippen LogP contribution >= 0.6 is 0 Å². The zero-order valence-electron chi connectivity index (χ0n) is 11.5. The number of nitrogens with zero attached hydrogens (tertiary/aromatic N) is 1. The second-order valence-corrected chi connectivity index (χ2v) is 7.07. The first-order valence-electron chi connectivity index (χ1n) is 5.94. The van der Waals surface area contributed by atoms with Crippen LogP contribution in [0.1, 0.15) is 44.5 Å². The van der Waals surface area contributed by atoms with E-state index in [2.05, 4.69) is 4.98 Å². The predicted molar refractivity (Wildman–Crippen MR) is 73.1 cm³/mol. The van der Waals surface area contributed by atoms with Crippen LogP contribution < -0.4 is 10.9 Å². The minimum absolute atomic E-state index is 0.000789. The number of hydrogen-bond acceptors (Lipinski definition) is 3. The number of anilines is 1. The largest absolute Gasteiger partial charge is 0.433 e. The molecule has 20 heavy (non-hydrogen) atoms. The van der Waals surface area contributed by atoms with Gasteiger partial charge in [-0.25, -0.2) is 9.19 Å². The second kappa shape index (κ2) is 5.69. The summed E-state index contributed by atoms with van der Waals surface area (Å²) < 4.78 is 48.7. The lowest BCUT2D eigenvalue weighted by Crippen LogP contribution is -2.33. The molecule has 1 aromatic heterocycles. The molecule has 0 fully saturated rings. The van der Waals surface area contributed by atoms with Crippen molar-refractivity contribution in [3.05, 3.63) is 23.5 Å². The van der Waals surface area contributed by atoms with Crippen LogP contribution in [0.15, 0.2) is 12.1 Å². The number of nitrogen functional groups attached to an aromatic ring is 1. The number of alkyl halides is 3. The van der Waals surface area contributed by atoms with Crippen LogP contribution in [0.4, 0.5) is 18.9 Å². The molecule has 4 N–H and O–H groups in total. The van der Waals surface area contributed by atoms with Gasteiger partial charge in [0.05, 0.1) is 15.7 Å². The van der Waals surface area contributed by atoms with Crippen molar-refractivity contribution in [2.75, 3.05) is 5.73 Å². The van der Waals surface area contributed by atoms with Crippen LogP contribution in [0, 0.1) is 0 Å². The fraction of sp³-hybridized carbons (Fsp3) is 0.583. The second-order valence-electron chi connectivity index (χ2n) is 5.37. The van der Waals surface area contributed by atoms with Crippen LogP contribution in [0.3, 0.4) is 0 Å². The van der Waals surface area contributed by atoms with Gasteiger partial charge in [0.1, 0.15) is 5.69 Å². The van der Waals surface area contributed by atoms with Crippen molar-refractivity contribution in [3.63, 3.8) is 0 Å². The van der Waals surface area contributed by atoms with Gasteiger partial charge < -0.3 is 5.73 Å². The molecule has 0 spiro atoms. The van der Waals surface area contributed by atoms with Crippen molar-refractivity contribution in [3.8, 4) is 0 Å². The Hall–Kier alpha value is -1.15. The number of nitrogens with two attached hydrogens (primary N) is 2. The molecule has 1 aromatic rings. The molecule has 0 aliphatic rings. The molecule has 1 heterocycles. The van der Waals surface area contributed by atoms with Crippen molar-refractivity contribution < 1.29 is 17.4 Å². The Morgan fingerprint density at radius 2 is 1.90 bits per heavy atom. The lowest BCUT2D eigenvalue weighted by Gasteiger charge is -2.25. The van der Waals surface area contributed by atoms with E-state index in [1.54, 1.807) is 20.8 Å². The van der Waals surface area contributed by atoms with Gasteiger partial charge in [0.2, 0.25) is 0 Å². The molecule has 0 aliphatic heterocycles. The summed E-state index contributed by atoms with van der Waals surface area (Å²) >= 11 is 0. The van der Waals surface area contributed by atoms with E-state index in [-0.39, 0.29) is 17.3 Å². The molecule has 0 amide bonds. The fourth-order valence-electron chi connectivity index (χ4n) is 1.90. The van der Waals surface area contributed by atoms with Crippen LogP contribution in [-0.4, -0.2) is 13.9 Å². The summed E-state index contributed by atoms with van der Waals surface area (Å²) in [4.78, 5) is 3.60. The Bertz CT molecular complexity index is 517. The number of hydrogen-bond donors (Lipinski definition) is 2. The third kappa shape index (κ3) is 4.17. The Kier molecular flexibility index (Phi) is 4.81. The molecular weight excluding hydrogens is 291 g/mol. The molecule has 4 nitrogen and oxygen atoms in total. The summed E-state index contributed by atoms with van der Waals surface area (Å²) in [7, 11) is -1.58. The van der Waals surface area contributed by atoms with E-state index in [9.17, 15) is 17.4 Å². The summed E-state index contributed by atoms with van der Waals surface area (Å²) in [6.07, 6.45) is -4.21. The lowest BCUT2D eigenvalue weighted by atomic mass is 9.94. The molecule has 0 aromatic carbocycles. The maximum Gasteiger partial charge on any atom is 0.433 e. The Balaban J connectivity index is 3.08. The van der Waals surface area contributed by atoms with E-state index in [0.29, 0.717) is 6.42 Å². The summed E-state index contributed by atoms with van der Waals surface area (Å²) in [6.45, 7) is 5.09. The minimum Gasteiger partial charge on any atom is -0.399 e. The number of pyridine rings is 1. The maximum atomic E-state index is 12.7. The molecule has 0 radical (unpaired) electrons. The third-order valence-corrected chi connectivity index (χ3v) is 4.26. The van der Waals surface area contributed by atoms with Crippen LogP contribution in [0.25, 0.3) is 0 Å². The van der Waals surface area contributed by atoms with Crippen LogP contribution in [0.5, 0.6) is 0 Å². The van der Waals surface area contributed by atoms with Crippen molar-refractivity contribution in [2.45, 2.75) is 44.0 Å². The summed E-state index contributed by atoms with van der Waals surface area (Å²) in [6, 6.07) is 2.19. The first-order chi connectivity index (χ1) is 8.93. The molecule has 2 atom stereocenters. The van der Waals surface area contributed by atoms with Gasteiger partial charge in [0.15, 0.2) is 0 Å². The van der Waals surface area contributed by atoms with Gasteiger partial charge in [-0.1, -0.05) is 6.92 Å². The predicted octanol–water partition coefficient (Wildman–Crippen LogP) is 2.58. The van der Waals surface area contributed by atoms with Gasteiger partial charge in [0.25, 0.3) is 0 Å². The molecular formula is C12H18F3N3OS. The van der Waals surface area contributed by atoms with E-state index in [1.807, 2.05) is 0 Å². The number of aromatic nitrogens is 1. The quantitative estimate of drug-likeness (QED) is 0.897. The maximum absolute atomic E-state index is 12.7. The van der Waals surface area contributed by atoms with Crippen molar-refractivity contribution in [1.29, 1.82) is 0 Å². The highest BCUT2D eigenvalue weighted by atomic mass is 32.2. The summed E-state index contributed by atoms with van der Waals surface area (Å²) in [5.74, 6) is -0.345.